The predicted molar refractivity (Wildman–Crippen MR) is 90.5 cm³/mol. The highest BCUT2D eigenvalue weighted by atomic mass is 35.5. The zero-order valence-electron chi connectivity index (χ0n) is 12.1. The molecule has 23 heavy (non-hydrogen) atoms. The van der Waals surface area contributed by atoms with Crippen LogP contribution >= 0.6 is 23.4 Å². The molecule has 0 fully saturated rings. The number of non-ortho nitro benzene ring substituents is 1. The SMILES string of the molecule is O=C(CSCc1cccc(Cl)c1)OCc1cccc([N+](=O)[O-])c1. The third-order valence-electron chi connectivity index (χ3n) is 2.90. The average molecular weight is 352 g/mol. The van der Waals surface area contributed by atoms with Crippen molar-refractivity contribution in [2.75, 3.05) is 5.75 Å². The van der Waals surface area contributed by atoms with Gasteiger partial charge in [0.15, 0.2) is 0 Å². The van der Waals surface area contributed by atoms with E-state index in [0.717, 1.165) is 5.56 Å². The number of nitro benzene ring substituents is 1. The minimum absolute atomic E-state index is 0.0196. The van der Waals surface area contributed by atoms with Crippen molar-refractivity contribution in [1.29, 1.82) is 0 Å². The molecule has 2 aromatic carbocycles. The van der Waals surface area contributed by atoms with Crippen molar-refractivity contribution in [1.82, 2.24) is 0 Å². The minimum atomic E-state index is -0.480. The lowest BCUT2D eigenvalue weighted by molar-refractivity contribution is -0.384. The van der Waals surface area contributed by atoms with Gasteiger partial charge < -0.3 is 4.74 Å². The lowest BCUT2D eigenvalue weighted by Gasteiger charge is -2.05. The number of benzene rings is 2. The Bertz CT molecular complexity index is 708. The summed E-state index contributed by atoms with van der Waals surface area (Å²) < 4.78 is 5.12. The molecule has 0 unspecified atom stereocenters. The van der Waals surface area contributed by atoms with Gasteiger partial charge in [0.25, 0.3) is 5.69 Å². The van der Waals surface area contributed by atoms with Gasteiger partial charge >= 0.3 is 5.97 Å². The zero-order valence-corrected chi connectivity index (χ0v) is 13.7. The Hall–Kier alpha value is -2.05. The summed E-state index contributed by atoms with van der Waals surface area (Å²) in [4.78, 5) is 21.9. The fourth-order valence-electron chi connectivity index (χ4n) is 1.84. The number of hydrogen-bond acceptors (Lipinski definition) is 5. The number of carbonyl (C=O) groups excluding carboxylic acids is 1. The second-order valence-electron chi connectivity index (χ2n) is 4.71. The van der Waals surface area contributed by atoms with Crippen LogP contribution in [-0.2, 0) is 21.9 Å². The van der Waals surface area contributed by atoms with Gasteiger partial charge in [0.2, 0.25) is 0 Å². The average Bonchev–Trinajstić information content (AvgIpc) is 2.53. The van der Waals surface area contributed by atoms with Crippen LogP contribution < -0.4 is 0 Å². The van der Waals surface area contributed by atoms with Crippen LogP contribution in [0.3, 0.4) is 0 Å². The van der Waals surface area contributed by atoms with Gasteiger partial charge in [-0.3, -0.25) is 14.9 Å². The molecule has 2 aromatic rings. The Balaban J connectivity index is 1.75. The first-order valence-corrected chi connectivity index (χ1v) is 8.29. The molecule has 2 rings (SSSR count). The fourth-order valence-corrected chi connectivity index (χ4v) is 2.82. The van der Waals surface area contributed by atoms with Crippen molar-refractivity contribution in [3.8, 4) is 0 Å². The Labute approximate surface area is 142 Å². The summed E-state index contributed by atoms with van der Waals surface area (Å²) in [5, 5.41) is 11.3. The third kappa shape index (κ3) is 5.92. The van der Waals surface area contributed by atoms with Gasteiger partial charge in [-0.2, -0.15) is 0 Å². The summed E-state index contributed by atoms with van der Waals surface area (Å²) in [5.74, 6) is 0.511. The number of halogens is 1. The quantitative estimate of drug-likeness (QED) is 0.424. The monoisotopic (exact) mass is 351 g/mol. The number of carbonyl (C=O) groups is 1. The van der Waals surface area contributed by atoms with E-state index in [0.29, 0.717) is 16.3 Å². The molecular weight excluding hydrogens is 338 g/mol. The summed E-state index contributed by atoms with van der Waals surface area (Å²) in [6.45, 7) is 0.0260. The predicted octanol–water partition coefficient (Wildman–Crippen LogP) is 4.22. The van der Waals surface area contributed by atoms with Gasteiger partial charge in [0.05, 0.1) is 10.7 Å². The first kappa shape index (κ1) is 17.3. The van der Waals surface area contributed by atoms with Crippen molar-refractivity contribution in [3.05, 3.63) is 74.8 Å². The number of nitrogens with zero attached hydrogens (tertiary/aromatic N) is 1. The molecule has 0 saturated carbocycles. The largest absolute Gasteiger partial charge is 0.460 e. The van der Waals surface area contributed by atoms with E-state index in [9.17, 15) is 14.9 Å². The number of nitro groups is 1. The van der Waals surface area contributed by atoms with Crippen LogP contribution in [0.25, 0.3) is 0 Å². The maximum Gasteiger partial charge on any atom is 0.316 e. The molecule has 120 valence electrons. The number of hydrogen-bond donors (Lipinski definition) is 0. The molecule has 0 bridgehead atoms. The van der Waals surface area contributed by atoms with E-state index in [1.54, 1.807) is 18.2 Å². The topological polar surface area (TPSA) is 69.4 Å². The molecule has 7 heteroatoms. The van der Waals surface area contributed by atoms with E-state index in [2.05, 4.69) is 0 Å². The molecule has 0 spiro atoms. The molecular formula is C16H14ClNO4S. The van der Waals surface area contributed by atoms with Crippen LogP contribution in [0, 0.1) is 10.1 Å². The molecule has 0 saturated heterocycles. The number of rotatable bonds is 7. The van der Waals surface area contributed by atoms with Gasteiger partial charge in [-0.15, -0.1) is 11.8 Å². The zero-order chi connectivity index (χ0) is 16.7. The molecule has 0 amide bonds. The highest BCUT2D eigenvalue weighted by molar-refractivity contribution is 7.99. The third-order valence-corrected chi connectivity index (χ3v) is 4.11. The van der Waals surface area contributed by atoms with Crippen LogP contribution in [0.1, 0.15) is 11.1 Å². The van der Waals surface area contributed by atoms with Gasteiger partial charge in [-0.25, -0.2) is 0 Å². The highest BCUT2D eigenvalue weighted by Crippen LogP contribution is 2.17. The van der Waals surface area contributed by atoms with Crippen LogP contribution in [0.15, 0.2) is 48.5 Å². The molecule has 0 aliphatic rings. The summed E-state index contributed by atoms with van der Waals surface area (Å²) in [5.41, 5.74) is 1.61. The first-order valence-electron chi connectivity index (χ1n) is 6.76. The molecule has 0 N–H and O–H groups in total. The molecule has 0 radical (unpaired) electrons. The molecule has 0 aliphatic heterocycles. The van der Waals surface area contributed by atoms with Crippen LogP contribution in [0.5, 0.6) is 0 Å². The molecule has 0 heterocycles. The second kappa shape index (κ2) is 8.55. The van der Waals surface area contributed by atoms with Gasteiger partial charge in [-0.1, -0.05) is 35.9 Å². The lowest BCUT2D eigenvalue weighted by atomic mass is 10.2. The van der Waals surface area contributed by atoms with Crippen molar-refractivity contribution >= 4 is 35.0 Å². The van der Waals surface area contributed by atoms with E-state index in [1.165, 1.54) is 23.9 Å². The Morgan fingerprint density at radius 1 is 1.17 bits per heavy atom. The second-order valence-corrected chi connectivity index (χ2v) is 6.13. The number of ether oxygens (including phenoxy) is 1. The fraction of sp³-hybridized carbons (Fsp3) is 0.188. The molecule has 0 aliphatic carbocycles. The number of esters is 1. The lowest BCUT2D eigenvalue weighted by Crippen LogP contribution is -2.07. The van der Waals surface area contributed by atoms with E-state index >= 15 is 0 Å². The highest BCUT2D eigenvalue weighted by Gasteiger charge is 2.08. The van der Waals surface area contributed by atoms with E-state index < -0.39 is 4.92 Å². The minimum Gasteiger partial charge on any atom is -0.460 e. The van der Waals surface area contributed by atoms with E-state index in [-0.39, 0.29) is 24.0 Å². The normalized spacial score (nSPS) is 10.3. The summed E-state index contributed by atoms with van der Waals surface area (Å²) in [6.07, 6.45) is 0. The van der Waals surface area contributed by atoms with Crippen molar-refractivity contribution in [3.63, 3.8) is 0 Å². The molecule has 0 aromatic heterocycles. The van der Waals surface area contributed by atoms with Gasteiger partial charge in [0, 0.05) is 22.9 Å². The smallest absolute Gasteiger partial charge is 0.316 e. The van der Waals surface area contributed by atoms with E-state index in [1.807, 2.05) is 18.2 Å². The van der Waals surface area contributed by atoms with Crippen molar-refractivity contribution in [2.24, 2.45) is 0 Å². The first-order chi connectivity index (χ1) is 11.0. The standard InChI is InChI=1S/C16H14ClNO4S/c17-14-5-1-4-13(7-14)10-23-11-16(19)22-9-12-3-2-6-15(8-12)18(20)21/h1-8H,9-11H2. The maximum atomic E-state index is 11.7. The summed E-state index contributed by atoms with van der Waals surface area (Å²) >= 11 is 7.31. The summed E-state index contributed by atoms with van der Waals surface area (Å²) in [7, 11) is 0. The molecule has 0 atom stereocenters. The Morgan fingerprint density at radius 3 is 2.65 bits per heavy atom. The van der Waals surface area contributed by atoms with Crippen molar-refractivity contribution < 1.29 is 14.5 Å². The van der Waals surface area contributed by atoms with E-state index in [4.69, 9.17) is 16.3 Å². The van der Waals surface area contributed by atoms with Gasteiger partial charge in [-0.05, 0) is 23.3 Å². The molecule has 5 nitrogen and oxygen atoms in total. The Morgan fingerprint density at radius 2 is 1.91 bits per heavy atom. The Kier molecular flexibility index (Phi) is 6.43. The number of thioether (sulfide) groups is 1. The van der Waals surface area contributed by atoms with Crippen LogP contribution in [0.2, 0.25) is 5.02 Å². The maximum absolute atomic E-state index is 11.7. The van der Waals surface area contributed by atoms with Crippen LogP contribution in [-0.4, -0.2) is 16.6 Å². The summed E-state index contributed by atoms with van der Waals surface area (Å²) in [6, 6.07) is 13.5. The van der Waals surface area contributed by atoms with Crippen molar-refractivity contribution in [2.45, 2.75) is 12.4 Å². The van der Waals surface area contributed by atoms with Gasteiger partial charge in [0.1, 0.15) is 6.61 Å². The van der Waals surface area contributed by atoms with Crippen LogP contribution in [0.4, 0.5) is 5.69 Å².